The Balaban J connectivity index is 1.81. The summed E-state index contributed by atoms with van der Waals surface area (Å²) in [7, 11) is 0. The lowest BCUT2D eigenvalue weighted by molar-refractivity contribution is -0.134. The van der Waals surface area contributed by atoms with Crippen molar-refractivity contribution in [1.82, 2.24) is 14.5 Å². The minimum atomic E-state index is -0.183. The largest absolute Gasteiger partial charge is 0.337 e. The van der Waals surface area contributed by atoms with Crippen LogP contribution in [-0.2, 0) is 11.3 Å². The number of fused-ring (bicyclic) bond motifs is 1. The van der Waals surface area contributed by atoms with Crippen molar-refractivity contribution in [3.8, 4) is 0 Å². The van der Waals surface area contributed by atoms with Crippen molar-refractivity contribution in [2.45, 2.75) is 19.5 Å². The maximum absolute atomic E-state index is 12.5. The van der Waals surface area contributed by atoms with Crippen molar-refractivity contribution in [1.29, 1.82) is 0 Å². The van der Waals surface area contributed by atoms with Crippen LogP contribution in [0.15, 0.2) is 28.3 Å². The minimum Gasteiger partial charge on any atom is -0.337 e. The predicted molar refractivity (Wildman–Crippen MR) is 89.6 cm³/mol. The summed E-state index contributed by atoms with van der Waals surface area (Å²) in [5.74, 6) is -0.149. The van der Waals surface area contributed by atoms with E-state index in [0.29, 0.717) is 30.2 Å². The van der Waals surface area contributed by atoms with Gasteiger partial charge in [-0.1, -0.05) is 22.9 Å². The van der Waals surface area contributed by atoms with Gasteiger partial charge in [0.05, 0.1) is 28.1 Å². The van der Waals surface area contributed by atoms with Gasteiger partial charge in [-0.2, -0.15) is 0 Å². The van der Waals surface area contributed by atoms with E-state index >= 15 is 0 Å². The molecule has 1 aliphatic rings. The molecule has 1 atom stereocenters. The third-order valence-electron chi connectivity index (χ3n) is 3.97. The molecule has 0 radical (unpaired) electrons. The first-order chi connectivity index (χ1) is 11.0. The molecule has 1 aliphatic heterocycles. The zero-order valence-corrected chi connectivity index (χ0v) is 14.0. The summed E-state index contributed by atoms with van der Waals surface area (Å²) in [5, 5.41) is 4.89. The van der Waals surface area contributed by atoms with Crippen LogP contribution < -0.4 is 4.87 Å². The molecule has 9 heteroatoms. The smallest absolute Gasteiger partial charge is 0.308 e. The number of carbonyl (C=O) groups excluding carboxylic acids is 1. The number of amides is 1. The van der Waals surface area contributed by atoms with Gasteiger partial charge in [-0.15, -0.1) is 4.91 Å². The highest BCUT2D eigenvalue weighted by Gasteiger charge is 2.27. The summed E-state index contributed by atoms with van der Waals surface area (Å²) >= 11 is 7.08. The van der Waals surface area contributed by atoms with E-state index in [-0.39, 0.29) is 23.4 Å². The number of nitroso groups, excluding NO2 is 1. The number of nitrogens with zero attached hydrogens (tertiary/aromatic N) is 4. The number of hydrogen-bond acceptors (Lipinski definition) is 5. The summed E-state index contributed by atoms with van der Waals surface area (Å²) in [6, 6.07) is 5.06. The predicted octanol–water partition coefficient (Wildman–Crippen LogP) is 1.93. The monoisotopic (exact) mass is 354 g/mol. The molecule has 1 aromatic carbocycles. The van der Waals surface area contributed by atoms with Gasteiger partial charge in [0, 0.05) is 18.1 Å². The summed E-state index contributed by atoms with van der Waals surface area (Å²) in [6.45, 7) is 3.06. The van der Waals surface area contributed by atoms with E-state index in [9.17, 15) is 14.5 Å². The maximum Gasteiger partial charge on any atom is 0.308 e. The molecule has 0 N–H and O–H groups in total. The van der Waals surface area contributed by atoms with Gasteiger partial charge in [0.2, 0.25) is 5.91 Å². The van der Waals surface area contributed by atoms with Gasteiger partial charge in [0.15, 0.2) is 0 Å². The first-order valence-corrected chi connectivity index (χ1v) is 8.35. The Kier molecular flexibility index (Phi) is 4.36. The van der Waals surface area contributed by atoms with Crippen molar-refractivity contribution in [2.75, 3.05) is 19.6 Å². The van der Waals surface area contributed by atoms with Crippen LogP contribution in [-0.4, -0.2) is 46.1 Å². The van der Waals surface area contributed by atoms with E-state index in [2.05, 4.69) is 5.29 Å². The second kappa shape index (κ2) is 6.29. The highest BCUT2D eigenvalue weighted by Crippen LogP contribution is 2.22. The Morgan fingerprint density at radius 3 is 2.91 bits per heavy atom. The molecule has 1 amide bonds. The lowest BCUT2D eigenvalue weighted by Gasteiger charge is -2.36. The van der Waals surface area contributed by atoms with E-state index in [0.717, 1.165) is 16.0 Å². The van der Waals surface area contributed by atoms with Crippen LogP contribution in [0.25, 0.3) is 10.2 Å². The van der Waals surface area contributed by atoms with Gasteiger partial charge in [-0.25, -0.2) is 0 Å². The average Bonchev–Trinajstić information content (AvgIpc) is 2.83. The summed E-state index contributed by atoms with van der Waals surface area (Å²) in [5.41, 5.74) is 0.669. The van der Waals surface area contributed by atoms with E-state index in [4.69, 9.17) is 11.6 Å². The number of halogens is 1. The normalized spacial score (nSPS) is 18.4. The molecule has 23 heavy (non-hydrogen) atoms. The van der Waals surface area contributed by atoms with Gasteiger partial charge < -0.3 is 4.90 Å². The fourth-order valence-corrected chi connectivity index (χ4v) is 3.75. The number of benzene rings is 1. The van der Waals surface area contributed by atoms with Crippen LogP contribution in [0.4, 0.5) is 0 Å². The van der Waals surface area contributed by atoms with Crippen LogP contribution >= 0.6 is 22.9 Å². The molecule has 2 aromatic rings. The van der Waals surface area contributed by atoms with E-state index in [1.165, 1.54) is 9.58 Å². The number of carbonyl (C=O) groups is 1. The van der Waals surface area contributed by atoms with Crippen LogP contribution in [0.5, 0.6) is 0 Å². The van der Waals surface area contributed by atoms with Gasteiger partial charge in [-0.05, 0) is 25.1 Å². The number of hydrogen-bond donors (Lipinski definition) is 0. The molecule has 0 spiro atoms. The van der Waals surface area contributed by atoms with Gasteiger partial charge in [0.1, 0.15) is 6.54 Å². The molecule has 3 rings (SSSR count). The van der Waals surface area contributed by atoms with Crippen molar-refractivity contribution in [3.05, 3.63) is 37.8 Å². The third-order valence-corrected chi connectivity index (χ3v) is 5.17. The molecular formula is C14H15ClN4O3S. The van der Waals surface area contributed by atoms with E-state index in [1.807, 2.05) is 6.92 Å². The van der Waals surface area contributed by atoms with E-state index in [1.54, 1.807) is 23.1 Å². The van der Waals surface area contributed by atoms with E-state index < -0.39 is 0 Å². The fraction of sp³-hybridized carbons (Fsp3) is 0.429. The molecule has 0 saturated carbocycles. The van der Waals surface area contributed by atoms with Gasteiger partial charge in [-0.3, -0.25) is 19.2 Å². The number of piperazine rings is 1. The van der Waals surface area contributed by atoms with Crippen LogP contribution in [0.2, 0.25) is 5.02 Å². The summed E-state index contributed by atoms with van der Waals surface area (Å²) in [4.78, 5) is 36.7. The summed E-state index contributed by atoms with van der Waals surface area (Å²) < 4.78 is 2.25. The Morgan fingerprint density at radius 2 is 2.22 bits per heavy atom. The third kappa shape index (κ3) is 3.09. The topological polar surface area (TPSA) is 75.0 Å². The first kappa shape index (κ1) is 15.9. The first-order valence-electron chi connectivity index (χ1n) is 7.16. The van der Waals surface area contributed by atoms with Crippen molar-refractivity contribution < 1.29 is 4.79 Å². The number of thiazole rings is 1. The van der Waals surface area contributed by atoms with Crippen LogP contribution in [0.3, 0.4) is 0 Å². The molecule has 1 fully saturated rings. The van der Waals surface area contributed by atoms with Crippen molar-refractivity contribution in [2.24, 2.45) is 5.29 Å². The summed E-state index contributed by atoms with van der Waals surface area (Å²) in [6.07, 6.45) is 0. The van der Waals surface area contributed by atoms with Crippen LogP contribution in [0, 0.1) is 4.91 Å². The number of rotatable bonds is 3. The minimum absolute atomic E-state index is 0.0274. The molecule has 0 aliphatic carbocycles. The van der Waals surface area contributed by atoms with Gasteiger partial charge >= 0.3 is 4.87 Å². The molecule has 122 valence electrons. The standard InChI is InChI=1S/C14H15ClN4O3S/c1-9-7-17(4-5-19(9)16-22)13(20)8-18-11-6-10(15)2-3-12(11)23-14(18)21/h2-3,6,9H,4-5,7-8H2,1H3. The lowest BCUT2D eigenvalue weighted by atomic mass is 10.2. The second-order valence-corrected chi connectivity index (χ2v) is 6.93. The molecule has 1 aromatic heterocycles. The quantitative estimate of drug-likeness (QED) is 0.789. The highest BCUT2D eigenvalue weighted by atomic mass is 35.5. The zero-order valence-electron chi connectivity index (χ0n) is 12.4. The maximum atomic E-state index is 12.5. The molecule has 2 heterocycles. The Labute approximate surface area is 141 Å². The zero-order chi connectivity index (χ0) is 16.6. The second-order valence-electron chi connectivity index (χ2n) is 5.50. The highest BCUT2D eigenvalue weighted by molar-refractivity contribution is 7.16. The molecule has 0 bridgehead atoms. The fourth-order valence-electron chi connectivity index (χ4n) is 2.72. The Hall–Kier alpha value is -1.93. The molecule has 1 saturated heterocycles. The van der Waals surface area contributed by atoms with Crippen molar-refractivity contribution >= 4 is 39.1 Å². The average molecular weight is 355 g/mol. The molecule has 7 nitrogen and oxygen atoms in total. The SMILES string of the molecule is CC1CN(C(=O)Cn2c(=O)sc3ccc(Cl)cc32)CCN1N=O. The lowest BCUT2D eigenvalue weighted by Crippen LogP contribution is -2.52. The van der Waals surface area contributed by atoms with Gasteiger partial charge in [0.25, 0.3) is 0 Å². The Morgan fingerprint density at radius 1 is 1.43 bits per heavy atom. The molecule has 1 unspecified atom stereocenters. The number of aromatic nitrogens is 1. The van der Waals surface area contributed by atoms with Crippen LogP contribution in [0.1, 0.15) is 6.92 Å². The Bertz CT molecular complexity index is 818. The van der Waals surface area contributed by atoms with Crippen molar-refractivity contribution in [3.63, 3.8) is 0 Å². The molecular weight excluding hydrogens is 340 g/mol.